The number of rotatable bonds is 5. The first-order valence-electron chi connectivity index (χ1n) is 7.63. The number of carbonyl (C=O) groups excluding carboxylic acids is 2. The van der Waals surface area contributed by atoms with E-state index in [1.165, 1.54) is 11.3 Å². The molecule has 6 nitrogen and oxygen atoms in total. The number of benzene rings is 1. The molecule has 0 aliphatic heterocycles. The molecular weight excluding hydrogens is 324 g/mol. The van der Waals surface area contributed by atoms with E-state index < -0.39 is 6.04 Å². The van der Waals surface area contributed by atoms with Gasteiger partial charge in [0.2, 0.25) is 11.9 Å². The number of anilines is 1. The van der Waals surface area contributed by atoms with Crippen LogP contribution in [-0.4, -0.2) is 27.8 Å². The molecule has 3 N–H and O–H groups in total. The number of nitrogens with zero attached hydrogens (tertiary/aromatic N) is 1. The molecule has 0 saturated heterocycles. The lowest BCUT2D eigenvalue weighted by molar-refractivity contribution is -0.118. The Morgan fingerprint density at radius 1 is 1.21 bits per heavy atom. The zero-order valence-corrected chi connectivity index (χ0v) is 14.2. The average Bonchev–Trinajstić information content (AvgIpc) is 3.20. The number of hydrogen-bond acceptors (Lipinski definition) is 4. The highest BCUT2D eigenvalue weighted by Gasteiger charge is 2.25. The van der Waals surface area contributed by atoms with Crippen molar-refractivity contribution in [2.24, 2.45) is 5.92 Å². The first kappa shape index (κ1) is 16.2. The van der Waals surface area contributed by atoms with Crippen LogP contribution in [0.1, 0.15) is 24.2 Å². The molecule has 0 fully saturated rings. The Bertz CT molecular complexity index is 821. The van der Waals surface area contributed by atoms with Gasteiger partial charge in [-0.2, -0.15) is 11.3 Å². The molecule has 1 unspecified atom stereocenters. The van der Waals surface area contributed by atoms with Gasteiger partial charge in [-0.05, 0) is 29.5 Å². The maximum atomic E-state index is 12.6. The lowest BCUT2D eigenvalue weighted by Gasteiger charge is -2.20. The predicted molar refractivity (Wildman–Crippen MR) is 95.1 cm³/mol. The summed E-state index contributed by atoms with van der Waals surface area (Å²) in [6, 6.07) is 8.60. The number of carbonyl (C=O) groups is 2. The first-order valence-corrected chi connectivity index (χ1v) is 8.57. The van der Waals surface area contributed by atoms with E-state index in [1.54, 1.807) is 11.4 Å². The molecule has 2 aromatic heterocycles. The third-order valence-electron chi connectivity index (χ3n) is 3.65. The predicted octanol–water partition coefficient (Wildman–Crippen LogP) is 3.02. The van der Waals surface area contributed by atoms with Crippen molar-refractivity contribution in [3.8, 4) is 0 Å². The topological polar surface area (TPSA) is 86.9 Å². The van der Waals surface area contributed by atoms with Crippen LogP contribution in [-0.2, 0) is 4.79 Å². The monoisotopic (exact) mass is 342 g/mol. The molecular formula is C17H18N4O2S. The molecule has 0 spiro atoms. The highest BCUT2D eigenvalue weighted by molar-refractivity contribution is 7.08. The fourth-order valence-electron chi connectivity index (χ4n) is 2.36. The standard InChI is InChI=1S/C17H18N4O2S/c1-10(2)14(20-15(22)11-7-8-24-9-11)16(23)21-17-18-12-5-3-4-6-13(12)19-17/h3-10,14H,1-2H3,(H,20,22)(H2,18,19,21,23). The highest BCUT2D eigenvalue weighted by atomic mass is 32.1. The highest BCUT2D eigenvalue weighted by Crippen LogP contribution is 2.15. The van der Waals surface area contributed by atoms with Crippen LogP contribution in [0.25, 0.3) is 11.0 Å². The first-order chi connectivity index (χ1) is 11.5. The molecule has 1 atom stereocenters. The third kappa shape index (κ3) is 3.46. The zero-order chi connectivity index (χ0) is 17.1. The molecule has 2 amide bonds. The summed E-state index contributed by atoms with van der Waals surface area (Å²) < 4.78 is 0. The Balaban J connectivity index is 1.73. The maximum absolute atomic E-state index is 12.6. The maximum Gasteiger partial charge on any atom is 0.252 e. The van der Waals surface area contributed by atoms with Crippen molar-refractivity contribution in [3.05, 3.63) is 46.7 Å². The summed E-state index contributed by atoms with van der Waals surface area (Å²) in [5.41, 5.74) is 2.18. The molecule has 1 aromatic carbocycles. The van der Waals surface area contributed by atoms with Gasteiger partial charge in [0.05, 0.1) is 16.6 Å². The van der Waals surface area contributed by atoms with Gasteiger partial charge in [0.15, 0.2) is 0 Å². The van der Waals surface area contributed by atoms with Crippen molar-refractivity contribution >= 4 is 40.1 Å². The number of para-hydroxylation sites is 2. The lowest BCUT2D eigenvalue weighted by Crippen LogP contribution is -2.47. The number of aromatic amines is 1. The van der Waals surface area contributed by atoms with Gasteiger partial charge < -0.3 is 10.3 Å². The Kier molecular flexibility index (Phi) is 4.61. The van der Waals surface area contributed by atoms with Gasteiger partial charge >= 0.3 is 0 Å². The van der Waals surface area contributed by atoms with E-state index >= 15 is 0 Å². The minimum Gasteiger partial charge on any atom is -0.340 e. The second-order valence-electron chi connectivity index (χ2n) is 5.80. The van der Waals surface area contributed by atoms with E-state index in [1.807, 2.05) is 43.5 Å². The van der Waals surface area contributed by atoms with E-state index in [9.17, 15) is 9.59 Å². The number of hydrogen-bond donors (Lipinski definition) is 3. The molecule has 0 saturated carbocycles. The van der Waals surface area contributed by atoms with Crippen molar-refractivity contribution in [3.63, 3.8) is 0 Å². The number of imidazole rings is 1. The summed E-state index contributed by atoms with van der Waals surface area (Å²) in [6.07, 6.45) is 0. The van der Waals surface area contributed by atoms with Crippen molar-refractivity contribution in [1.29, 1.82) is 0 Å². The Labute approximate surface area is 143 Å². The number of aromatic nitrogens is 2. The molecule has 0 aliphatic carbocycles. The van der Waals surface area contributed by atoms with Gasteiger partial charge in [-0.3, -0.25) is 14.9 Å². The molecule has 3 rings (SSSR count). The van der Waals surface area contributed by atoms with Crippen LogP contribution < -0.4 is 10.6 Å². The summed E-state index contributed by atoms with van der Waals surface area (Å²) in [5.74, 6) is -0.240. The van der Waals surface area contributed by atoms with E-state index in [4.69, 9.17) is 0 Å². The van der Waals surface area contributed by atoms with Crippen LogP contribution in [0.2, 0.25) is 0 Å². The van der Waals surface area contributed by atoms with Crippen LogP contribution in [0.15, 0.2) is 41.1 Å². The van der Waals surface area contributed by atoms with Crippen LogP contribution in [0.3, 0.4) is 0 Å². The minimum atomic E-state index is -0.648. The zero-order valence-electron chi connectivity index (χ0n) is 13.4. The van der Waals surface area contributed by atoms with E-state index in [2.05, 4.69) is 20.6 Å². The van der Waals surface area contributed by atoms with Crippen LogP contribution in [0.5, 0.6) is 0 Å². The fourth-order valence-corrected chi connectivity index (χ4v) is 3.00. The normalized spacial score (nSPS) is 12.3. The number of fused-ring (bicyclic) bond motifs is 1. The van der Waals surface area contributed by atoms with Gasteiger partial charge in [0, 0.05) is 5.38 Å². The summed E-state index contributed by atoms with van der Waals surface area (Å²) in [5, 5.41) is 9.11. The van der Waals surface area contributed by atoms with Crippen molar-refractivity contribution in [2.45, 2.75) is 19.9 Å². The number of thiophene rings is 1. The third-order valence-corrected chi connectivity index (χ3v) is 4.33. The van der Waals surface area contributed by atoms with Crippen LogP contribution >= 0.6 is 11.3 Å². The van der Waals surface area contributed by atoms with Gasteiger partial charge in [0.25, 0.3) is 5.91 Å². The Hall–Kier alpha value is -2.67. The molecule has 0 aliphatic rings. The summed E-state index contributed by atoms with van der Waals surface area (Å²) in [6.45, 7) is 3.77. The number of nitrogens with one attached hydrogen (secondary N) is 3. The molecule has 0 bridgehead atoms. The summed E-state index contributed by atoms with van der Waals surface area (Å²) in [7, 11) is 0. The largest absolute Gasteiger partial charge is 0.340 e. The van der Waals surface area contributed by atoms with Crippen LogP contribution in [0, 0.1) is 5.92 Å². The fraction of sp³-hybridized carbons (Fsp3) is 0.235. The second-order valence-corrected chi connectivity index (χ2v) is 6.58. The second kappa shape index (κ2) is 6.84. The van der Waals surface area contributed by atoms with E-state index in [0.717, 1.165) is 11.0 Å². The molecule has 7 heteroatoms. The van der Waals surface area contributed by atoms with Crippen molar-refractivity contribution in [2.75, 3.05) is 5.32 Å². The van der Waals surface area contributed by atoms with E-state index in [0.29, 0.717) is 11.5 Å². The lowest BCUT2D eigenvalue weighted by atomic mass is 10.0. The Morgan fingerprint density at radius 3 is 2.67 bits per heavy atom. The van der Waals surface area contributed by atoms with E-state index in [-0.39, 0.29) is 17.7 Å². The molecule has 3 aromatic rings. The molecule has 124 valence electrons. The van der Waals surface area contributed by atoms with Crippen molar-refractivity contribution in [1.82, 2.24) is 15.3 Å². The average molecular weight is 342 g/mol. The van der Waals surface area contributed by atoms with Gasteiger partial charge in [-0.1, -0.05) is 26.0 Å². The smallest absolute Gasteiger partial charge is 0.252 e. The minimum absolute atomic E-state index is 0.0584. The molecule has 24 heavy (non-hydrogen) atoms. The number of H-pyrrole nitrogens is 1. The van der Waals surface area contributed by atoms with Gasteiger partial charge in [0.1, 0.15) is 6.04 Å². The summed E-state index contributed by atoms with van der Waals surface area (Å²) >= 11 is 1.44. The van der Waals surface area contributed by atoms with Crippen LogP contribution in [0.4, 0.5) is 5.95 Å². The number of amides is 2. The molecule has 2 heterocycles. The Morgan fingerprint density at radius 2 is 2.00 bits per heavy atom. The quantitative estimate of drug-likeness (QED) is 0.666. The molecule has 0 radical (unpaired) electrons. The van der Waals surface area contributed by atoms with Gasteiger partial charge in [-0.25, -0.2) is 4.98 Å². The van der Waals surface area contributed by atoms with Gasteiger partial charge in [-0.15, -0.1) is 0 Å². The SMILES string of the molecule is CC(C)C(NC(=O)c1ccsc1)C(=O)Nc1nc2ccccc2[nH]1. The summed E-state index contributed by atoms with van der Waals surface area (Å²) in [4.78, 5) is 32.1. The van der Waals surface area contributed by atoms with Crippen molar-refractivity contribution < 1.29 is 9.59 Å².